The summed E-state index contributed by atoms with van der Waals surface area (Å²) in [5.74, 6) is 2.44. The third kappa shape index (κ3) is 4.64. The maximum atomic E-state index is 5.96. The topological polar surface area (TPSA) is 186 Å². The molecule has 0 saturated carbocycles. The van der Waals surface area contributed by atoms with Crippen molar-refractivity contribution in [2.24, 2.45) is 0 Å². The molecule has 6 N–H and O–H groups in total. The van der Waals surface area contributed by atoms with E-state index in [-0.39, 0.29) is 0 Å². The van der Waals surface area contributed by atoms with Crippen molar-refractivity contribution in [3.63, 3.8) is 0 Å². The van der Waals surface area contributed by atoms with Crippen LogP contribution in [0.5, 0.6) is 0 Å². The van der Waals surface area contributed by atoms with Gasteiger partial charge in [-0.1, -0.05) is 12.1 Å². The molecule has 0 amide bonds. The molecule has 4 aliphatic rings. The molecular weight excluding hydrogens is 584 g/mol. The van der Waals surface area contributed by atoms with Crippen LogP contribution in [0.2, 0.25) is 0 Å². The smallest absolute Gasteiger partial charge is 0.222 e. The van der Waals surface area contributed by atoms with E-state index in [1.54, 1.807) is 12.4 Å². The van der Waals surface area contributed by atoms with Crippen LogP contribution in [-0.4, -0.2) is 90.9 Å². The highest BCUT2D eigenvalue weighted by Crippen LogP contribution is 2.37. The maximum Gasteiger partial charge on any atom is 0.222 e. The summed E-state index contributed by atoms with van der Waals surface area (Å²) in [6.07, 6.45) is 6.24. The Kier molecular flexibility index (Phi) is 6.24. The van der Waals surface area contributed by atoms with Gasteiger partial charge in [-0.15, -0.1) is 0 Å². The Balaban J connectivity index is 0.000000127. The lowest BCUT2D eigenvalue weighted by atomic mass is 10.1. The Morgan fingerprint density at radius 3 is 1.48 bits per heavy atom. The highest BCUT2D eigenvalue weighted by molar-refractivity contribution is 5.94. The Morgan fingerprint density at radius 2 is 1.11 bits per heavy atom. The molecule has 8 heterocycles. The number of nitrogen functional groups attached to an aromatic ring is 2. The highest BCUT2D eigenvalue weighted by atomic mass is 16.5. The number of benzene rings is 2. The highest BCUT2D eigenvalue weighted by Gasteiger charge is 2.41. The van der Waals surface area contributed by atoms with Crippen molar-refractivity contribution in [3.05, 3.63) is 60.9 Å². The number of fused-ring (bicyclic) bond motifs is 6. The van der Waals surface area contributed by atoms with E-state index in [0.29, 0.717) is 36.2 Å². The normalized spacial score (nSPS) is 23.0. The Bertz CT molecular complexity index is 1900. The fourth-order valence-corrected chi connectivity index (χ4v) is 7.19. The lowest BCUT2D eigenvalue weighted by molar-refractivity contribution is 0.0988. The van der Waals surface area contributed by atoms with Gasteiger partial charge in [-0.3, -0.25) is 10.2 Å². The van der Waals surface area contributed by atoms with E-state index in [2.05, 4.69) is 74.4 Å². The van der Waals surface area contributed by atoms with Crippen molar-refractivity contribution in [1.82, 2.24) is 40.3 Å². The first kappa shape index (κ1) is 27.0. The van der Waals surface area contributed by atoms with Gasteiger partial charge in [0.1, 0.15) is 11.6 Å². The molecule has 14 heteroatoms. The van der Waals surface area contributed by atoms with E-state index in [1.165, 1.54) is 0 Å². The van der Waals surface area contributed by atoms with Gasteiger partial charge in [0.2, 0.25) is 11.9 Å². The molecule has 4 bridgehead atoms. The Hall–Kier alpha value is -5.34. The molecule has 0 radical (unpaired) electrons. The molecule has 4 aromatic heterocycles. The second-order valence-corrected chi connectivity index (χ2v) is 12.2. The van der Waals surface area contributed by atoms with Crippen LogP contribution < -0.4 is 21.3 Å². The van der Waals surface area contributed by atoms with E-state index in [1.807, 2.05) is 24.3 Å². The molecule has 4 atom stereocenters. The SMILES string of the molecule is Nc1nc(N2C[C@@H]3C[C@H]2CO3)c2ccc(-c3ccn[nH]3)cc2n1.Nc1nc(N2C[C@H]3C[C@@H]2CO3)c2ccc(-c3ccn[nH]3)cc2n1. The molecule has 0 unspecified atom stereocenters. The molecule has 46 heavy (non-hydrogen) atoms. The average molecular weight is 617 g/mol. The number of rotatable bonds is 4. The summed E-state index contributed by atoms with van der Waals surface area (Å²) in [6, 6.07) is 16.9. The molecular formula is C32H32N12O2. The number of H-pyrrole nitrogens is 2. The van der Waals surface area contributed by atoms with Crippen molar-refractivity contribution < 1.29 is 9.47 Å². The molecule has 232 valence electrons. The lowest BCUT2D eigenvalue weighted by Crippen LogP contribution is -2.37. The van der Waals surface area contributed by atoms with Crippen molar-refractivity contribution in [2.45, 2.75) is 37.1 Å². The Labute approximate surface area is 263 Å². The third-order valence-corrected chi connectivity index (χ3v) is 9.36. The number of nitrogens with two attached hydrogens (primary N) is 2. The molecule has 6 aromatic rings. The van der Waals surface area contributed by atoms with E-state index >= 15 is 0 Å². The van der Waals surface area contributed by atoms with Crippen molar-refractivity contribution in [1.29, 1.82) is 0 Å². The summed E-state index contributed by atoms with van der Waals surface area (Å²) in [7, 11) is 0. The van der Waals surface area contributed by atoms with Gasteiger partial charge >= 0.3 is 0 Å². The molecule has 14 nitrogen and oxygen atoms in total. The van der Waals surface area contributed by atoms with Gasteiger partial charge in [0.25, 0.3) is 0 Å². The first-order valence-electron chi connectivity index (χ1n) is 15.5. The largest absolute Gasteiger partial charge is 0.374 e. The minimum Gasteiger partial charge on any atom is -0.374 e. The van der Waals surface area contributed by atoms with Crippen LogP contribution in [0.3, 0.4) is 0 Å². The van der Waals surface area contributed by atoms with E-state index < -0.39 is 0 Å². The number of hydrogen-bond acceptors (Lipinski definition) is 12. The first-order valence-corrected chi connectivity index (χ1v) is 15.5. The molecule has 0 aliphatic carbocycles. The number of ether oxygens (including phenoxy) is 2. The van der Waals surface area contributed by atoms with E-state index in [4.69, 9.17) is 20.9 Å². The summed E-state index contributed by atoms with van der Waals surface area (Å²) in [4.78, 5) is 22.5. The van der Waals surface area contributed by atoms with Gasteiger partial charge in [0.05, 0.1) is 59.9 Å². The van der Waals surface area contributed by atoms with Gasteiger partial charge in [0.15, 0.2) is 0 Å². The zero-order valence-corrected chi connectivity index (χ0v) is 24.9. The molecule has 2 aromatic carbocycles. The standard InChI is InChI=1S/2C16H16N6O/c2*17-16-19-14-5-9(13-3-4-18-21-13)1-2-12(14)15(20-16)22-7-11-6-10(22)8-23-11/h2*1-5,10-11H,6-8H2,(H,18,21)(H2,17,19,20)/t2*10-,11-/m10/s1. The average Bonchev–Trinajstić information content (AvgIpc) is 3.92. The number of morpholine rings is 2. The molecule has 4 saturated heterocycles. The predicted octanol–water partition coefficient (Wildman–Crippen LogP) is 3.16. The van der Waals surface area contributed by atoms with Crippen molar-refractivity contribution in [3.8, 4) is 22.5 Å². The fraction of sp³-hybridized carbons (Fsp3) is 0.312. The molecule has 0 spiro atoms. The number of nitrogens with zero attached hydrogens (tertiary/aromatic N) is 8. The van der Waals surface area contributed by atoms with Crippen molar-refractivity contribution in [2.75, 3.05) is 47.6 Å². The van der Waals surface area contributed by atoms with Crippen LogP contribution in [-0.2, 0) is 9.47 Å². The number of anilines is 4. The van der Waals surface area contributed by atoms with E-state index in [0.717, 1.165) is 95.1 Å². The molecule has 4 fully saturated rings. The quantitative estimate of drug-likeness (QED) is 0.227. The lowest BCUT2D eigenvalue weighted by Gasteiger charge is -2.28. The summed E-state index contributed by atoms with van der Waals surface area (Å²) in [6.45, 7) is 3.28. The van der Waals surface area contributed by atoms with Crippen LogP contribution >= 0.6 is 0 Å². The van der Waals surface area contributed by atoms with Gasteiger partial charge in [0, 0.05) is 47.4 Å². The number of hydrogen-bond donors (Lipinski definition) is 4. The summed E-state index contributed by atoms with van der Waals surface area (Å²) < 4.78 is 11.4. The van der Waals surface area contributed by atoms with Crippen LogP contribution in [0.1, 0.15) is 12.8 Å². The second-order valence-electron chi connectivity index (χ2n) is 12.2. The number of aromatic nitrogens is 8. The predicted molar refractivity (Wildman–Crippen MR) is 174 cm³/mol. The number of nitrogens with one attached hydrogen (secondary N) is 2. The fourth-order valence-electron chi connectivity index (χ4n) is 7.19. The zero-order chi connectivity index (χ0) is 30.8. The first-order chi connectivity index (χ1) is 22.6. The second kappa shape index (κ2) is 10.6. The van der Waals surface area contributed by atoms with Crippen LogP contribution in [0.15, 0.2) is 60.9 Å². The van der Waals surface area contributed by atoms with Gasteiger partial charge < -0.3 is 30.7 Å². The summed E-state index contributed by atoms with van der Waals surface area (Å²) in [5, 5.41) is 16.0. The molecule has 4 aliphatic heterocycles. The van der Waals surface area contributed by atoms with Gasteiger partial charge in [-0.05, 0) is 49.2 Å². The Morgan fingerprint density at radius 1 is 0.630 bits per heavy atom. The minimum atomic E-state index is 0.304. The van der Waals surface area contributed by atoms with Gasteiger partial charge in [-0.25, -0.2) is 9.97 Å². The summed E-state index contributed by atoms with van der Waals surface area (Å²) in [5.41, 5.74) is 17.6. The molecule has 10 rings (SSSR count). The third-order valence-electron chi connectivity index (χ3n) is 9.36. The van der Waals surface area contributed by atoms with Gasteiger partial charge in [-0.2, -0.15) is 20.2 Å². The minimum absolute atomic E-state index is 0.304. The van der Waals surface area contributed by atoms with Crippen LogP contribution in [0, 0.1) is 0 Å². The zero-order valence-electron chi connectivity index (χ0n) is 24.9. The number of aromatic amines is 2. The van der Waals surface area contributed by atoms with Crippen LogP contribution in [0.25, 0.3) is 44.3 Å². The van der Waals surface area contributed by atoms with E-state index in [9.17, 15) is 0 Å². The summed E-state index contributed by atoms with van der Waals surface area (Å²) >= 11 is 0. The van der Waals surface area contributed by atoms with Crippen LogP contribution in [0.4, 0.5) is 23.5 Å². The monoisotopic (exact) mass is 616 g/mol. The maximum absolute atomic E-state index is 5.96. The van der Waals surface area contributed by atoms with Crippen molar-refractivity contribution >= 4 is 45.3 Å².